The molecule has 3 nitrogen and oxygen atoms in total. The van der Waals surface area contributed by atoms with Gasteiger partial charge in [-0.05, 0) is 19.3 Å². The second kappa shape index (κ2) is 5.58. The molecule has 0 spiro atoms. The van der Waals surface area contributed by atoms with E-state index in [0.717, 1.165) is 19.6 Å². The molecule has 1 aliphatic heterocycles. The lowest BCUT2D eigenvalue weighted by Gasteiger charge is -2.34. The van der Waals surface area contributed by atoms with Crippen LogP contribution in [-0.2, 0) is 14.2 Å². The summed E-state index contributed by atoms with van der Waals surface area (Å²) in [5.74, 6) is 0.602. The standard InChI is InChI=1S/C10H20O3/c1-4-12-9-5-8(2)6-13-10(9)7-11-3/h8-10H,4-7H2,1-3H3. The predicted molar refractivity (Wildman–Crippen MR) is 50.8 cm³/mol. The molecule has 0 N–H and O–H groups in total. The first kappa shape index (κ1) is 11.0. The first-order valence-electron chi connectivity index (χ1n) is 5.00. The van der Waals surface area contributed by atoms with E-state index in [2.05, 4.69) is 6.92 Å². The predicted octanol–water partition coefficient (Wildman–Crippen LogP) is 1.46. The fourth-order valence-electron chi connectivity index (χ4n) is 1.72. The third kappa shape index (κ3) is 3.25. The van der Waals surface area contributed by atoms with E-state index in [1.807, 2.05) is 6.92 Å². The van der Waals surface area contributed by atoms with Gasteiger partial charge >= 0.3 is 0 Å². The molecule has 1 saturated heterocycles. The Bertz CT molecular complexity index is 138. The number of hydrogen-bond donors (Lipinski definition) is 0. The molecule has 3 heteroatoms. The molecule has 0 radical (unpaired) electrons. The Morgan fingerprint density at radius 1 is 1.46 bits per heavy atom. The Balaban J connectivity index is 2.40. The maximum absolute atomic E-state index is 5.65. The Morgan fingerprint density at radius 2 is 2.23 bits per heavy atom. The summed E-state index contributed by atoms with van der Waals surface area (Å²) in [5, 5.41) is 0. The van der Waals surface area contributed by atoms with Crippen molar-refractivity contribution in [3.05, 3.63) is 0 Å². The van der Waals surface area contributed by atoms with Crippen LogP contribution in [0.5, 0.6) is 0 Å². The highest BCUT2D eigenvalue weighted by Crippen LogP contribution is 2.21. The molecule has 78 valence electrons. The Kier molecular flexibility index (Phi) is 4.70. The lowest BCUT2D eigenvalue weighted by molar-refractivity contribution is -0.139. The second-order valence-electron chi connectivity index (χ2n) is 3.66. The van der Waals surface area contributed by atoms with E-state index in [-0.39, 0.29) is 12.2 Å². The average molecular weight is 188 g/mol. The summed E-state index contributed by atoms with van der Waals surface area (Å²) >= 11 is 0. The SMILES string of the molecule is CCOC1CC(C)COC1COC. The van der Waals surface area contributed by atoms with Crippen LogP contribution < -0.4 is 0 Å². The number of hydrogen-bond acceptors (Lipinski definition) is 3. The van der Waals surface area contributed by atoms with Crippen molar-refractivity contribution in [2.24, 2.45) is 5.92 Å². The van der Waals surface area contributed by atoms with E-state index in [1.165, 1.54) is 0 Å². The highest BCUT2D eigenvalue weighted by atomic mass is 16.6. The quantitative estimate of drug-likeness (QED) is 0.668. The molecule has 1 rings (SSSR count). The summed E-state index contributed by atoms with van der Waals surface area (Å²) in [7, 11) is 1.70. The second-order valence-corrected chi connectivity index (χ2v) is 3.66. The van der Waals surface area contributed by atoms with E-state index in [0.29, 0.717) is 12.5 Å². The van der Waals surface area contributed by atoms with Gasteiger partial charge in [0.2, 0.25) is 0 Å². The smallest absolute Gasteiger partial charge is 0.107 e. The van der Waals surface area contributed by atoms with Crippen molar-refractivity contribution in [1.82, 2.24) is 0 Å². The van der Waals surface area contributed by atoms with Gasteiger partial charge in [-0.1, -0.05) is 6.92 Å². The van der Waals surface area contributed by atoms with Gasteiger partial charge in [0, 0.05) is 20.3 Å². The van der Waals surface area contributed by atoms with Crippen LogP contribution in [0.3, 0.4) is 0 Å². The highest BCUT2D eigenvalue weighted by molar-refractivity contribution is 4.78. The number of ether oxygens (including phenoxy) is 3. The van der Waals surface area contributed by atoms with Gasteiger partial charge in [0.05, 0.1) is 12.7 Å². The summed E-state index contributed by atoms with van der Waals surface area (Å²) in [6, 6.07) is 0. The third-order valence-corrected chi connectivity index (χ3v) is 2.36. The van der Waals surface area contributed by atoms with Gasteiger partial charge in [0.15, 0.2) is 0 Å². The van der Waals surface area contributed by atoms with Crippen LogP contribution >= 0.6 is 0 Å². The Hall–Kier alpha value is -0.120. The molecule has 0 aromatic rings. The molecule has 3 atom stereocenters. The van der Waals surface area contributed by atoms with Crippen molar-refractivity contribution < 1.29 is 14.2 Å². The molecular weight excluding hydrogens is 168 g/mol. The molecule has 3 unspecified atom stereocenters. The Morgan fingerprint density at radius 3 is 2.85 bits per heavy atom. The summed E-state index contributed by atoms with van der Waals surface area (Å²) in [6.45, 7) is 6.42. The van der Waals surface area contributed by atoms with Crippen molar-refractivity contribution >= 4 is 0 Å². The largest absolute Gasteiger partial charge is 0.382 e. The van der Waals surface area contributed by atoms with E-state index in [9.17, 15) is 0 Å². The van der Waals surface area contributed by atoms with Crippen LogP contribution in [0.2, 0.25) is 0 Å². The molecule has 13 heavy (non-hydrogen) atoms. The summed E-state index contributed by atoms with van der Waals surface area (Å²) in [5.41, 5.74) is 0. The minimum atomic E-state index is 0.126. The zero-order chi connectivity index (χ0) is 9.68. The number of methoxy groups -OCH3 is 1. The van der Waals surface area contributed by atoms with Gasteiger partial charge in [-0.25, -0.2) is 0 Å². The molecule has 0 aliphatic carbocycles. The molecule has 1 fully saturated rings. The van der Waals surface area contributed by atoms with Crippen LogP contribution in [0, 0.1) is 5.92 Å². The van der Waals surface area contributed by atoms with Crippen molar-refractivity contribution in [3.8, 4) is 0 Å². The normalized spacial score (nSPS) is 34.8. The first-order chi connectivity index (χ1) is 6.27. The van der Waals surface area contributed by atoms with Gasteiger partial charge in [0.1, 0.15) is 6.10 Å². The van der Waals surface area contributed by atoms with Gasteiger partial charge in [-0.2, -0.15) is 0 Å². The third-order valence-electron chi connectivity index (χ3n) is 2.36. The highest BCUT2D eigenvalue weighted by Gasteiger charge is 2.29. The molecule has 1 heterocycles. The lowest BCUT2D eigenvalue weighted by atomic mass is 9.97. The summed E-state index contributed by atoms with van der Waals surface area (Å²) in [4.78, 5) is 0. The summed E-state index contributed by atoms with van der Waals surface area (Å²) in [6.07, 6.45) is 1.43. The zero-order valence-corrected chi connectivity index (χ0v) is 8.79. The molecule has 0 aromatic heterocycles. The van der Waals surface area contributed by atoms with Crippen molar-refractivity contribution in [2.45, 2.75) is 32.5 Å². The molecular formula is C10H20O3. The van der Waals surface area contributed by atoms with Gasteiger partial charge < -0.3 is 14.2 Å². The maximum atomic E-state index is 5.65. The molecule has 0 amide bonds. The van der Waals surface area contributed by atoms with E-state index in [1.54, 1.807) is 7.11 Å². The van der Waals surface area contributed by atoms with E-state index < -0.39 is 0 Å². The summed E-state index contributed by atoms with van der Waals surface area (Å²) < 4.78 is 16.3. The zero-order valence-electron chi connectivity index (χ0n) is 8.79. The van der Waals surface area contributed by atoms with Crippen molar-refractivity contribution in [2.75, 3.05) is 26.9 Å². The average Bonchev–Trinajstić information content (AvgIpc) is 2.10. The van der Waals surface area contributed by atoms with Gasteiger partial charge in [-0.15, -0.1) is 0 Å². The first-order valence-corrected chi connectivity index (χ1v) is 5.00. The maximum Gasteiger partial charge on any atom is 0.107 e. The fourth-order valence-corrected chi connectivity index (χ4v) is 1.72. The van der Waals surface area contributed by atoms with Gasteiger partial charge in [0.25, 0.3) is 0 Å². The fraction of sp³-hybridized carbons (Fsp3) is 1.00. The van der Waals surface area contributed by atoms with Crippen LogP contribution in [0.1, 0.15) is 20.3 Å². The molecule has 0 bridgehead atoms. The van der Waals surface area contributed by atoms with Crippen LogP contribution in [0.15, 0.2) is 0 Å². The van der Waals surface area contributed by atoms with Crippen LogP contribution in [-0.4, -0.2) is 39.1 Å². The number of rotatable bonds is 4. The Labute approximate surface area is 80.4 Å². The monoisotopic (exact) mass is 188 g/mol. The van der Waals surface area contributed by atoms with Crippen molar-refractivity contribution in [1.29, 1.82) is 0 Å². The molecule has 0 saturated carbocycles. The molecule has 0 aromatic carbocycles. The van der Waals surface area contributed by atoms with Crippen LogP contribution in [0.25, 0.3) is 0 Å². The van der Waals surface area contributed by atoms with E-state index in [4.69, 9.17) is 14.2 Å². The van der Waals surface area contributed by atoms with Gasteiger partial charge in [-0.3, -0.25) is 0 Å². The minimum Gasteiger partial charge on any atom is -0.382 e. The van der Waals surface area contributed by atoms with E-state index >= 15 is 0 Å². The lowest BCUT2D eigenvalue weighted by Crippen LogP contribution is -2.42. The minimum absolute atomic E-state index is 0.126. The topological polar surface area (TPSA) is 27.7 Å². The molecule has 1 aliphatic rings. The van der Waals surface area contributed by atoms with Crippen LogP contribution in [0.4, 0.5) is 0 Å². The van der Waals surface area contributed by atoms with Crippen molar-refractivity contribution in [3.63, 3.8) is 0 Å².